The van der Waals surface area contributed by atoms with Gasteiger partial charge in [0, 0.05) is 12.3 Å². The minimum atomic E-state index is -4.59. The Labute approximate surface area is 193 Å². The number of rotatable bonds is 8. The number of fused-ring (bicyclic) bond motifs is 1. The summed E-state index contributed by atoms with van der Waals surface area (Å²) in [4.78, 5) is 17.9. The lowest BCUT2D eigenvalue weighted by Gasteiger charge is -2.19. The number of alkyl halides is 3. The Kier molecular flexibility index (Phi) is 6.13. The Morgan fingerprint density at radius 3 is 2.44 bits per heavy atom. The molecule has 1 aliphatic rings. The van der Waals surface area contributed by atoms with Gasteiger partial charge in [-0.15, -0.1) is 0 Å². The van der Waals surface area contributed by atoms with Gasteiger partial charge < -0.3 is 9.47 Å². The standard InChI is InChI=1S/C22H24F3N3O5S/c1-4-33-20-19(32-2)10-8-15(26-20)18(12-34(3,30)31)28-16-9-5-13(22(23,24)25)11-17(16)27(21(28)29)14-6-7-14/h5,8-11,14,18H,4,6-7,12H2,1-3H3. The van der Waals surface area contributed by atoms with Gasteiger partial charge in [0.2, 0.25) is 0 Å². The van der Waals surface area contributed by atoms with Gasteiger partial charge in [0.1, 0.15) is 9.84 Å². The smallest absolute Gasteiger partial charge is 0.416 e. The molecular weight excluding hydrogens is 475 g/mol. The van der Waals surface area contributed by atoms with Crippen molar-refractivity contribution in [3.05, 3.63) is 52.1 Å². The van der Waals surface area contributed by atoms with Gasteiger partial charge in [-0.1, -0.05) is 0 Å². The third-order valence-electron chi connectivity index (χ3n) is 5.61. The van der Waals surface area contributed by atoms with Crippen molar-refractivity contribution < 1.29 is 31.1 Å². The summed E-state index contributed by atoms with van der Waals surface area (Å²) in [5, 5.41) is 0. The maximum Gasteiger partial charge on any atom is 0.416 e. The summed E-state index contributed by atoms with van der Waals surface area (Å²) in [6.45, 7) is 2.01. The molecule has 0 spiro atoms. The summed E-state index contributed by atoms with van der Waals surface area (Å²) >= 11 is 0. The first-order valence-electron chi connectivity index (χ1n) is 10.6. The summed E-state index contributed by atoms with van der Waals surface area (Å²) in [5.74, 6) is -0.0339. The predicted molar refractivity (Wildman–Crippen MR) is 119 cm³/mol. The molecule has 0 amide bonds. The van der Waals surface area contributed by atoms with Crippen LogP contribution in [0, 0.1) is 0 Å². The molecule has 1 unspecified atom stereocenters. The fourth-order valence-corrected chi connectivity index (χ4v) is 4.90. The summed E-state index contributed by atoms with van der Waals surface area (Å²) < 4.78 is 78.2. The Morgan fingerprint density at radius 2 is 1.88 bits per heavy atom. The molecule has 1 aliphatic carbocycles. The van der Waals surface area contributed by atoms with Crippen LogP contribution < -0.4 is 15.2 Å². The van der Waals surface area contributed by atoms with Crippen LogP contribution >= 0.6 is 0 Å². The van der Waals surface area contributed by atoms with Crippen LogP contribution in [0.4, 0.5) is 13.2 Å². The highest BCUT2D eigenvalue weighted by Gasteiger charge is 2.36. The highest BCUT2D eigenvalue weighted by atomic mass is 32.2. The first-order valence-corrected chi connectivity index (χ1v) is 12.7. The predicted octanol–water partition coefficient (Wildman–Crippen LogP) is 3.59. The number of halogens is 3. The lowest BCUT2D eigenvalue weighted by atomic mass is 10.1. The van der Waals surface area contributed by atoms with Crippen molar-refractivity contribution in [2.24, 2.45) is 0 Å². The number of hydrogen-bond donors (Lipinski definition) is 0. The highest BCUT2D eigenvalue weighted by Crippen LogP contribution is 2.39. The number of imidazole rings is 1. The fourth-order valence-electron chi connectivity index (χ4n) is 4.01. The molecule has 0 radical (unpaired) electrons. The first kappa shape index (κ1) is 24.1. The molecule has 1 atom stereocenters. The molecule has 8 nitrogen and oxygen atoms in total. The number of hydrogen-bond acceptors (Lipinski definition) is 6. The molecule has 1 aromatic carbocycles. The van der Waals surface area contributed by atoms with E-state index in [1.54, 1.807) is 13.0 Å². The largest absolute Gasteiger partial charge is 0.491 e. The Hall–Kier alpha value is -3.02. The third-order valence-corrected chi connectivity index (χ3v) is 6.53. The second kappa shape index (κ2) is 8.64. The Balaban J connectivity index is 1.98. The molecule has 184 valence electrons. The number of benzene rings is 1. The monoisotopic (exact) mass is 499 g/mol. The van der Waals surface area contributed by atoms with Gasteiger partial charge in [0.05, 0.1) is 47.8 Å². The number of aromatic nitrogens is 3. The third kappa shape index (κ3) is 4.63. The van der Waals surface area contributed by atoms with Gasteiger partial charge in [-0.3, -0.25) is 9.13 Å². The molecule has 1 fully saturated rings. The van der Waals surface area contributed by atoms with Crippen LogP contribution in [0.15, 0.2) is 35.1 Å². The minimum Gasteiger partial charge on any atom is -0.491 e. The first-order chi connectivity index (χ1) is 15.9. The Morgan fingerprint density at radius 1 is 1.18 bits per heavy atom. The molecule has 0 aliphatic heterocycles. The number of sulfone groups is 1. The van der Waals surface area contributed by atoms with Gasteiger partial charge in [-0.25, -0.2) is 18.2 Å². The van der Waals surface area contributed by atoms with E-state index in [1.807, 2.05) is 0 Å². The second-order valence-corrected chi connectivity index (χ2v) is 10.4. The lowest BCUT2D eigenvalue weighted by Crippen LogP contribution is -2.32. The molecule has 4 rings (SSSR count). The molecule has 0 bridgehead atoms. The fraction of sp³-hybridized carbons (Fsp3) is 0.455. The van der Waals surface area contributed by atoms with Crippen molar-refractivity contribution in [3.63, 3.8) is 0 Å². The van der Waals surface area contributed by atoms with Crippen LogP contribution in [0.25, 0.3) is 11.0 Å². The van der Waals surface area contributed by atoms with Crippen molar-refractivity contribution >= 4 is 20.9 Å². The van der Waals surface area contributed by atoms with Crippen LogP contribution in [0.2, 0.25) is 0 Å². The highest BCUT2D eigenvalue weighted by molar-refractivity contribution is 7.90. The quantitative estimate of drug-likeness (QED) is 0.470. The van der Waals surface area contributed by atoms with E-state index >= 15 is 0 Å². The van der Waals surface area contributed by atoms with Crippen molar-refractivity contribution in [1.29, 1.82) is 0 Å². The SMILES string of the molecule is CCOc1nc(C(CS(C)(=O)=O)n2c(=O)n(C3CC3)c3cc(C(F)(F)F)ccc32)ccc1OC. The van der Waals surface area contributed by atoms with Crippen molar-refractivity contribution in [3.8, 4) is 11.6 Å². The lowest BCUT2D eigenvalue weighted by molar-refractivity contribution is -0.137. The average molecular weight is 500 g/mol. The second-order valence-electron chi connectivity index (χ2n) is 8.24. The summed E-state index contributed by atoms with van der Waals surface area (Å²) in [5.41, 5.74) is -0.937. The Bertz CT molecular complexity index is 1390. The molecule has 2 heterocycles. The topological polar surface area (TPSA) is 92.4 Å². The summed E-state index contributed by atoms with van der Waals surface area (Å²) in [6, 6.07) is 4.79. The van der Waals surface area contributed by atoms with Gasteiger partial charge in [-0.05, 0) is 50.1 Å². The zero-order chi connectivity index (χ0) is 24.8. The van der Waals surface area contributed by atoms with E-state index in [9.17, 15) is 26.4 Å². The number of methoxy groups -OCH3 is 1. The van der Waals surface area contributed by atoms with E-state index in [-0.39, 0.29) is 35.3 Å². The van der Waals surface area contributed by atoms with E-state index in [0.29, 0.717) is 18.6 Å². The molecule has 1 saturated carbocycles. The van der Waals surface area contributed by atoms with E-state index in [1.165, 1.54) is 28.4 Å². The van der Waals surface area contributed by atoms with E-state index < -0.39 is 39.1 Å². The summed E-state index contributed by atoms with van der Waals surface area (Å²) in [7, 11) is -2.20. The number of ether oxygens (including phenoxy) is 2. The van der Waals surface area contributed by atoms with Gasteiger partial charge in [-0.2, -0.15) is 13.2 Å². The normalized spacial score (nSPS) is 15.5. The van der Waals surface area contributed by atoms with Gasteiger partial charge >= 0.3 is 11.9 Å². The van der Waals surface area contributed by atoms with E-state index in [4.69, 9.17) is 9.47 Å². The average Bonchev–Trinajstić information content (AvgIpc) is 3.53. The van der Waals surface area contributed by atoms with Crippen molar-refractivity contribution in [2.75, 3.05) is 25.7 Å². The molecule has 0 N–H and O–H groups in total. The van der Waals surface area contributed by atoms with Crippen molar-refractivity contribution in [1.82, 2.24) is 14.1 Å². The van der Waals surface area contributed by atoms with Gasteiger partial charge in [0.15, 0.2) is 5.75 Å². The van der Waals surface area contributed by atoms with Crippen LogP contribution in [0.1, 0.15) is 43.1 Å². The van der Waals surface area contributed by atoms with Gasteiger partial charge in [0.25, 0.3) is 5.88 Å². The van der Waals surface area contributed by atoms with Crippen LogP contribution in [-0.2, 0) is 16.0 Å². The zero-order valence-corrected chi connectivity index (χ0v) is 19.6. The molecule has 12 heteroatoms. The van der Waals surface area contributed by atoms with Crippen LogP contribution in [0.3, 0.4) is 0 Å². The number of pyridine rings is 1. The molecular formula is C22H24F3N3O5S. The van der Waals surface area contributed by atoms with Crippen LogP contribution in [0.5, 0.6) is 11.6 Å². The van der Waals surface area contributed by atoms with E-state index in [0.717, 1.165) is 18.4 Å². The summed E-state index contributed by atoms with van der Waals surface area (Å²) in [6.07, 6.45) is -2.25. The zero-order valence-electron chi connectivity index (χ0n) is 18.8. The van der Waals surface area contributed by atoms with Crippen molar-refractivity contribution in [2.45, 2.75) is 38.0 Å². The molecule has 34 heavy (non-hydrogen) atoms. The molecule has 3 aromatic rings. The molecule has 2 aromatic heterocycles. The number of nitrogens with zero attached hydrogens (tertiary/aromatic N) is 3. The van der Waals surface area contributed by atoms with E-state index in [2.05, 4.69) is 4.98 Å². The maximum absolute atomic E-state index is 13.5. The van der Waals surface area contributed by atoms with Crippen LogP contribution in [-0.4, -0.2) is 48.3 Å². The maximum atomic E-state index is 13.5. The minimum absolute atomic E-state index is 0.111. The molecule has 0 saturated heterocycles.